The first kappa shape index (κ1) is 23.0. The lowest BCUT2D eigenvalue weighted by atomic mass is 10.0. The molecule has 0 N–H and O–H groups in total. The smallest absolute Gasteiger partial charge is 0.406 e. The van der Waals surface area contributed by atoms with Crippen LogP contribution < -0.4 is 4.74 Å². The highest BCUT2D eigenvalue weighted by atomic mass is 32.2. The molecular weight excluding hydrogens is 457 g/mol. The van der Waals surface area contributed by atoms with Crippen LogP contribution >= 0.6 is 0 Å². The number of rotatable bonds is 5. The van der Waals surface area contributed by atoms with Gasteiger partial charge >= 0.3 is 6.36 Å². The number of amides is 1. The molecule has 2 aliphatic rings. The number of carbonyl (C=O) groups is 1. The number of hydrogen-bond acceptors (Lipinski definition) is 5. The van der Waals surface area contributed by atoms with Gasteiger partial charge in [0.05, 0.1) is 15.9 Å². The van der Waals surface area contributed by atoms with E-state index in [-0.39, 0.29) is 36.7 Å². The van der Waals surface area contributed by atoms with Crippen molar-refractivity contribution in [2.45, 2.75) is 35.8 Å². The number of halogens is 3. The topological polar surface area (TPSA) is 76.0 Å². The van der Waals surface area contributed by atoms with E-state index in [2.05, 4.69) is 9.73 Å². The molecule has 1 amide bonds. The second-order valence-corrected chi connectivity index (χ2v) is 10.1. The standard InChI is InChI=1S/C23H21F3N2O4S/c24-23(25,26)32-18-7-4-8-20(14-18)33(30,31)19-9-11-28(12-10-19)22(29)17-13-21(27-15-17)16-5-2-1-3-6-16/h1-8,14-15,19H,9-13H2. The summed E-state index contributed by atoms with van der Waals surface area (Å²) >= 11 is 0. The predicted octanol–water partition coefficient (Wildman–Crippen LogP) is 4.13. The lowest BCUT2D eigenvalue weighted by molar-refractivity contribution is -0.274. The van der Waals surface area contributed by atoms with E-state index in [0.29, 0.717) is 12.0 Å². The molecule has 0 saturated carbocycles. The van der Waals surface area contributed by atoms with Gasteiger partial charge in [-0.1, -0.05) is 36.4 Å². The van der Waals surface area contributed by atoms with E-state index < -0.39 is 27.2 Å². The largest absolute Gasteiger partial charge is 0.573 e. The van der Waals surface area contributed by atoms with E-state index in [9.17, 15) is 26.4 Å². The number of piperidine rings is 1. The number of hydrogen-bond donors (Lipinski definition) is 0. The molecule has 2 aliphatic heterocycles. The third-order valence-electron chi connectivity index (χ3n) is 5.65. The van der Waals surface area contributed by atoms with Crippen LogP contribution in [-0.2, 0) is 14.6 Å². The molecule has 1 fully saturated rings. The summed E-state index contributed by atoms with van der Waals surface area (Å²) in [6.07, 6.45) is -2.56. The Morgan fingerprint density at radius 3 is 2.39 bits per heavy atom. The van der Waals surface area contributed by atoms with Crippen molar-refractivity contribution < 1.29 is 31.1 Å². The summed E-state index contributed by atoms with van der Waals surface area (Å²) < 4.78 is 67.2. The monoisotopic (exact) mass is 478 g/mol. The first-order valence-corrected chi connectivity index (χ1v) is 11.9. The van der Waals surface area contributed by atoms with E-state index in [1.807, 2.05) is 30.3 Å². The Kier molecular flexibility index (Phi) is 6.29. The fourth-order valence-electron chi connectivity index (χ4n) is 3.98. The summed E-state index contributed by atoms with van der Waals surface area (Å²) in [5, 5.41) is -0.795. The average molecular weight is 478 g/mol. The van der Waals surface area contributed by atoms with Gasteiger partial charge in [-0.25, -0.2) is 8.42 Å². The van der Waals surface area contributed by atoms with Crippen molar-refractivity contribution in [1.82, 2.24) is 4.90 Å². The van der Waals surface area contributed by atoms with Crippen molar-refractivity contribution in [3.05, 3.63) is 71.9 Å². The van der Waals surface area contributed by atoms with Gasteiger partial charge < -0.3 is 9.64 Å². The molecule has 4 rings (SSSR count). The van der Waals surface area contributed by atoms with Crippen LogP contribution in [0, 0.1) is 0 Å². The Morgan fingerprint density at radius 1 is 1.03 bits per heavy atom. The van der Waals surface area contributed by atoms with Gasteiger partial charge in [0.1, 0.15) is 5.75 Å². The van der Waals surface area contributed by atoms with Gasteiger partial charge in [-0.3, -0.25) is 9.79 Å². The van der Waals surface area contributed by atoms with Crippen LogP contribution in [-0.4, -0.2) is 49.6 Å². The Balaban J connectivity index is 1.37. The second kappa shape index (κ2) is 9.01. The van der Waals surface area contributed by atoms with Crippen molar-refractivity contribution in [3.63, 3.8) is 0 Å². The fourth-order valence-corrected chi connectivity index (χ4v) is 5.74. The maximum absolute atomic E-state index is 13.0. The lowest BCUT2D eigenvalue weighted by Crippen LogP contribution is -2.43. The number of sulfone groups is 1. The molecule has 0 radical (unpaired) electrons. The molecule has 2 aromatic rings. The molecule has 2 aromatic carbocycles. The maximum atomic E-state index is 13.0. The van der Waals surface area contributed by atoms with Gasteiger partial charge in [-0.15, -0.1) is 13.2 Å². The molecule has 174 valence electrons. The molecule has 10 heteroatoms. The number of carbonyl (C=O) groups excluding carboxylic acids is 1. The molecule has 1 saturated heterocycles. The third-order valence-corrected chi connectivity index (χ3v) is 7.91. The van der Waals surface area contributed by atoms with Gasteiger partial charge in [-0.2, -0.15) is 0 Å². The number of benzene rings is 2. The summed E-state index contributed by atoms with van der Waals surface area (Å²) in [7, 11) is -3.88. The van der Waals surface area contributed by atoms with E-state index in [1.54, 1.807) is 11.1 Å². The highest BCUT2D eigenvalue weighted by molar-refractivity contribution is 7.92. The summed E-state index contributed by atoms with van der Waals surface area (Å²) in [6.45, 7) is 0.471. The highest BCUT2D eigenvalue weighted by Gasteiger charge is 2.35. The zero-order chi connectivity index (χ0) is 23.6. The molecule has 33 heavy (non-hydrogen) atoms. The number of likely N-dealkylation sites (tertiary alicyclic amines) is 1. The minimum absolute atomic E-state index is 0.180. The van der Waals surface area contributed by atoms with Crippen molar-refractivity contribution in [2.24, 2.45) is 4.99 Å². The quantitative estimate of drug-likeness (QED) is 0.648. The number of nitrogens with zero attached hydrogens (tertiary/aromatic N) is 2. The zero-order valence-electron chi connectivity index (χ0n) is 17.5. The molecule has 0 atom stereocenters. The first-order chi connectivity index (χ1) is 15.6. The number of alkyl halides is 3. The zero-order valence-corrected chi connectivity index (χ0v) is 18.3. The first-order valence-electron chi connectivity index (χ1n) is 10.3. The van der Waals surface area contributed by atoms with E-state index in [0.717, 1.165) is 23.4 Å². The molecular formula is C23H21F3N2O4S. The van der Waals surface area contributed by atoms with Gasteiger partial charge in [0, 0.05) is 31.3 Å². The minimum atomic E-state index is -4.91. The SMILES string of the molecule is O=C(C1=CN=C(c2ccccc2)C1)N1CCC(S(=O)(=O)c2cccc(OC(F)(F)F)c2)CC1. The Hall–Kier alpha value is -3.14. The number of aliphatic imine (C=N–C) groups is 1. The molecule has 0 spiro atoms. The normalized spacial score (nSPS) is 17.5. The molecule has 2 heterocycles. The van der Waals surface area contributed by atoms with E-state index >= 15 is 0 Å². The van der Waals surface area contributed by atoms with Crippen LogP contribution in [0.4, 0.5) is 13.2 Å². The highest BCUT2D eigenvalue weighted by Crippen LogP contribution is 2.30. The predicted molar refractivity (Wildman–Crippen MR) is 116 cm³/mol. The van der Waals surface area contributed by atoms with Gasteiger partial charge in [0.25, 0.3) is 5.91 Å². The van der Waals surface area contributed by atoms with Crippen LogP contribution in [0.1, 0.15) is 24.8 Å². The molecule has 0 aromatic heterocycles. The Labute approximate surface area is 189 Å². The fraction of sp³-hybridized carbons (Fsp3) is 0.304. The summed E-state index contributed by atoms with van der Waals surface area (Å²) in [5.74, 6) is -0.764. The summed E-state index contributed by atoms with van der Waals surface area (Å²) in [6, 6.07) is 13.9. The van der Waals surface area contributed by atoms with Crippen molar-refractivity contribution in [3.8, 4) is 5.75 Å². The van der Waals surface area contributed by atoms with Crippen LogP contribution in [0.5, 0.6) is 5.75 Å². The Bertz CT molecular complexity index is 1200. The Morgan fingerprint density at radius 2 is 1.73 bits per heavy atom. The summed E-state index contributed by atoms with van der Waals surface area (Å²) in [5.41, 5.74) is 2.29. The van der Waals surface area contributed by atoms with Crippen molar-refractivity contribution in [1.29, 1.82) is 0 Å². The van der Waals surface area contributed by atoms with E-state index in [4.69, 9.17) is 0 Å². The second-order valence-electron chi connectivity index (χ2n) is 7.83. The number of ether oxygens (including phenoxy) is 1. The van der Waals surface area contributed by atoms with Gasteiger partial charge in [0.15, 0.2) is 9.84 Å². The van der Waals surface area contributed by atoms with Crippen molar-refractivity contribution in [2.75, 3.05) is 13.1 Å². The average Bonchev–Trinajstić information content (AvgIpc) is 3.29. The molecule has 0 unspecified atom stereocenters. The van der Waals surface area contributed by atoms with Crippen LogP contribution in [0.15, 0.2) is 76.3 Å². The van der Waals surface area contributed by atoms with E-state index in [1.165, 1.54) is 12.1 Å². The molecule has 0 aliphatic carbocycles. The van der Waals surface area contributed by atoms with Crippen LogP contribution in [0.25, 0.3) is 0 Å². The van der Waals surface area contributed by atoms with Crippen LogP contribution in [0.3, 0.4) is 0 Å². The summed E-state index contributed by atoms with van der Waals surface area (Å²) in [4.78, 5) is 18.6. The molecule has 6 nitrogen and oxygen atoms in total. The van der Waals surface area contributed by atoms with Gasteiger partial charge in [-0.05, 0) is 36.6 Å². The lowest BCUT2D eigenvalue weighted by Gasteiger charge is -2.32. The maximum Gasteiger partial charge on any atom is 0.573 e. The van der Waals surface area contributed by atoms with Crippen molar-refractivity contribution >= 4 is 21.5 Å². The minimum Gasteiger partial charge on any atom is -0.406 e. The third kappa shape index (κ3) is 5.27. The van der Waals surface area contributed by atoms with Gasteiger partial charge in [0.2, 0.25) is 0 Å². The molecule has 0 bridgehead atoms. The van der Waals surface area contributed by atoms with Crippen LogP contribution in [0.2, 0.25) is 0 Å².